The van der Waals surface area contributed by atoms with Crippen LogP contribution in [-0.2, 0) is 0 Å². The van der Waals surface area contributed by atoms with Gasteiger partial charge in [-0.15, -0.1) is 0 Å². The van der Waals surface area contributed by atoms with Crippen molar-refractivity contribution in [3.8, 4) is 5.75 Å². The van der Waals surface area contributed by atoms with Crippen molar-refractivity contribution in [2.24, 2.45) is 0 Å². The summed E-state index contributed by atoms with van der Waals surface area (Å²) in [5.41, 5.74) is 2.22. The van der Waals surface area contributed by atoms with Gasteiger partial charge in [-0.25, -0.2) is 0 Å². The van der Waals surface area contributed by atoms with Crippen molar-refractivity contribution in [3.05, 3.63) is 63.2 Å². The van der Waals surface area contributed by atoms with E-state index in [2.05, 4.69) is 28.7 Å². The van der Waals surface area contributed by atoms with E-state index in [0.717, 1.165) is 30.8 Å². The minimum Gasteiger partial charge on any atom is -0.493 e. The molecule has 2 aromatic rings. The van der Waals surface area contributed by atoms with E-state index in [9.17, 15) is 5.11 Å². The molecule has 104 valence electrons. The van der Waals surface area contributed by atoms with Crippen molar-refractivity contribution < 1.29 is 9.84 Å². The average Bonchev–Trinajstić information content (AvgIpc) is 2.48. The molecule has 0 spiro atoms. The Hall–Kier alpha value is -1.07. The molecule has 0 fully saturated rings. The van der Waals surface area contributed by atoms with Crippen LogP contribution in [0, 0.1) is 3.57 Å². The van der Waals surface area contributed by atoms with E-state index in [0.29, 0.717) is 5.92 Å². The first-order valence-corrected chi connectivity index (χ1v) is 7.97. The zero-order chi connectivity index (χ0) is 13.9. The fourth-order valence-electron chi connectivity index (χ4n) is 2.75. The minimum absolute atomic E-state index is 0.370. The monoisotopic (exact) mass is 380 g/mol. The molecule has 0 saturated carbocycles. The molecule has 0 aromatic heterocycles. The first-order valence-electron chi connectivity index (χ1n) is 6.89. The van der Waals surface area contributed by atoms with Gasteiger partial charge >= 0.3 is 0 Å². The van der Waals surface area contributed by atoms with E-state index in [1.807, 2.05) is 42.5 Å². The van der Waals surface area contributed by atoms with Crippen LogP contribution in [0.2, 0.25) is 0 Å². The van der Waals surface area contributed by atoms with Gasteiger partial charge in [0.25, 0.3) is 0 Å². The summed E-state index contributed by atoms with van der Waals surface area (Å²) < 4.78 is 6.86. The van der Waals surface area contributed by atoms with Gasteiger partial charge < -0.3 is 9.84 Å². The predicted octanol–water partition coefficient (Wildman–Crippen LogP) is 4.28. The van der Waals surface area contributed by atoms with E-state index >= 15 is 0 Å². The smallest absolute Gasteiger partial charge is 0.122 e. The second-order valence-electron chi connectivity index (χ2n) is 5.17. The van der Waals surface area contributed by atoms with Gasteiger partial charge in [-0.2, -0.15) is 0 Å². The Labute approximate surface area is 132 Å². The normalized spacial score (nSPS) is 19.0. The molecule has 2 unspecified atom stereocenters. The molecule has 0 radical (unpaired) electrons. The number of fused-ring (bicyclic) bond motifs is 1. The van der Waals surface area contributed by atoms with Gasteiger partial charge in [0, 0.05) is 3.57 Å². The minimum atomic E-state index is -0.414. The standard InChI is InChI=1S/C17H17IO2/c18-14-7-5-12(6-8-14)16(19)11-13-9-10-20-17-4-2-1-3-15(13)17/h1-8,13,16,19H,9-11H2. The zero-order valence-corrected chi connectivity index (χ0v) is 13.3. The molecule has 3 rings (SSSR count). The first-order chi connectivity index (χ1) is 9.74. The van der Waals surface area contributed by atoms with E-state index in [1.54, 1.807) is 0 Å². The molecule has 0 bridgehead atoms. The highest BCUT2D eigenvalue weighted by molar-refractivity contribution is 14.1. The van der Waals surface area contributed by atoms with Gasteiger partial charge in [-0.05, 0) is 70.7 Å². The molecule has 0 saturated heterocycles. The van der Waals surface area contributed by atoms with Crippen LogP contribution < -0.4 is 4.74 Å². The molecule has 1 aliphatic rings. The average molecular weight is 380 g/mol. The lowest BCUT2D eigenvalue weighted by Gasteiger charge is -2.27. The third-order valence-corrected chi connectivity index (χ3v) is 4.56. The SMILES string of the molecule is OC(CC1CCOc2ccccc21)c1ccc(I)cc1. The summed E-state index contributed by atoms with van der Waals surface area (Å²) in [5, 5.41) is 10.4. The second kappa shape index (κ2) is 6.14. The number of rotatable bonds is 3. The molecule has 2 nitrogen and oxygen atoms in total. The van der Waals surface area contributed by atoms with E-state index in [1.165, 1.54) is 9.13 Å². The number of para-hydroxylation sites is 1. The number of halogens is 1. The molecule has 1 aliphatic heterocycles. The highest BCUT2D eigenvalue weighted by Gasteiger charge is 2.24. The maximum Gasteiger partial charge on any atom is 0.122 e. The Morgan fingerprint density at radius 3 is 2.70 bits per heavy atom. The predicted molar refractivity (Wildman–Crippen MR) is 88.0 cm³/mol. The second-order valence-corrected chi connectivity index (χ2v) is 6.42. The van der Waals surface area contributed by atoms with E-state index < -0.39 is 6.10 Å². The van der Waals surface area contributed by atoms with Gasteiger partial charge in [0.2, 0.25) is 0 Å². The van der Waals surface area contributed by atoms with E-state index in [-0.39, 0.29) is 0 Å². The number of hydrogen-bond donors (Lipinski definition) is 1. The number of aliphatic hydroxyl groups excluding tert-OH is 1. The molecular formula is C17H17IO2. The van der Waals surface area contributed by atoms with Crippen LogP contribution in [-0.4, -0.2) is 11.7 Å². The summed E-state index contributed by atoms with van der Waals surface area (Å²) in [4.78, 5) is 0. The molecule has 2 aromatic carbocycles. The fourth-order valence-corrected chi connectivity index (χ4v) is 3.11. The maximum atomic E-state index is 10.4. The summed E-state index contributed by atoms with van der Waals surface area (Å²) in [7, 11) is 0. The first kappa shape index (κ1) is 13.9. The Morgan fingerprint density at radius 2 is 1.90 bits per heavy atom. The van der Waals surface area contributed by atoms with Crippen molar-refractivity contribution in [2.45, 2.75) is 24.9 Å². The number of aliphatic hydroxyl groups is 1. The van der Waals surface area contributed by atoms with Gasteiger partial charge in [0.15, 0.2) is 0 Å². The van der Waals surface area contributed by atoms with Gasteiger partial charge in [-0.1, -0.05) is 30.3 Å². The van der Waals surface area contributed by atoms with Gasteiger partial charge in [-0.3, -0.25) is 0 Å². The molecular weight excluding hydrogens is 363 g/mol. The molecule has 0 aliphatic carbocycles. The molecule has 1 N–H and O–H groups in total. The topological polar surface area (TPSA) is 29.5 Å². The summed E-state index contributed by atoms with van der Waals surface area (Å²) >= 11 is 2.28. The van der Waals surface area contributed by atoms with Crippen LogP contribution >= 0.6 is 22.6 Å². The van der Waals surface area contributed by atoms with Crippen molar-refractivity contribution in [1.82, 2.24) is 0 Å². The Bertz CT molecular complexity index is 580. The fraction of sp³-hybridized carbons (Fsp3) is 0.294. The Balaban J connectivity index is 1.77. The quantitative estimate of drug-likeness (QED) is 0.806. The van der Waals surface area contributed by atoms with Crippen LogP contribution in [0.5, 0.6) is 5.75 Å². The number of hydrogen-bond acceptors (Lipinski definition) is 2. The van der Waals surface area contributed by atoms with Gasteiger partial charge in [0.05, 0.1) is 12.7 Å². The third-order valence-electron chi connectivity index (χ3n) is 3.85. The van der Waals surface area contributed by atoms with Crippen LogP contribution in [0.15, 0.2) is 48.5 Å². The Morgan fingerprint density at radius 1 is 1.15 bits per heavy atom. The summed E-state index contributed by atoms with van der Waals surface area (Å²) in [6, 6.07) is 16.3. The molecule has 0 amide bonds. The van der Waals surface area contributed by atoms with Crippen molar-refractivity contribution >= 4 is 22.6 Å². The van der Waals surface area contributed by atoms with Crippen LogP contribution in [0.1, 0.15) is 36.0 Å². The third kappa shape index (κ3) is 2.99. The molecule has 3 heteroatoms. The summed E-state index contributed by atoms with van der Waals surface area (Å²) in [6.45, 7) is 0.737. The van der Waals surface area contributed by atoms with Crippen molar-refractivity contribution in [3.63, 3.8) is 0 Å². The lowest BCUT2D eigenvalue weighted by atomic mass is 9.86. The van der Waals surface area contributed by atoms with E-state index in [4.69, 9.17) is 4.74 Å². The lowest BCUT2D eigenvalue weighted by molar-refractivity contribution is 0.145. The largest absolute Gasteiger partial charge is 0.493 e. The number of ether oxygens (including phenoxy) is 1. The molecule has 2 atom stereocenters. The summed E-state index contributed by atoms with van der Waals surface area (Å²) in [5.74, 6) is 1.34. The van der Waals surface area contributed by atoms with Gasteiger partial charge in [0.1, 0.15) is 5.75 Å². The van der Waals surface area contributed by atoms with Crippen LogP contribution in [0.3, 0.4) is 0 Å². The van der Waals surface area contributed by atoms with Crippen molar-refractivity contribution in [2.75, 3.05) is 6.61 Å². The zero-order valence-electron chi connectivity index (χ0n) is 11.1. The maximum absolute atomic E-state index is 10.4. The molecule has 1 heterocycles. The Kier molecular flexibility index (Phi) is 4.27. The van der Waals surface area contributed by atoms with Crippen molar-refractivity contribution in [1.29, 1.82) is 0 Å². The molecule has 20 heavy (non-hydrogen) atoms. The summed E-state index contributed by atoms with van der Waals surface area (Å²) in [6.07, 6.45) is 1.31. The van der Waals surface area contributed by atoms with Crippen LogP contribution in [0.25, 0.3) is 0 Å². The highest BCUT2D eigenvalue weighted by Crippen LogP contribution is 2.38. The lowest BCUT2D eigenvalue weighted by Crippen LogP contribution is -2.16. The van der Waals surface area contributed by atoms with Crippen LogP contribution in [0.4, 0.5) is 0 Å². The number of benzene rings is 2. The highest BCUT2D eigenvalue weighted by atomic mass is 127.